The van der Waals surface area contributed by atoms with E-state index in [1.54, 1.807) is 0 Å². The lowest BCUT2D eigenvalue weighted by Crippen LogP contribution is -2.12. The van der Waals surface area contributed by atoms with Gasteiger partial charge in [-0.25, -0.2) is 0 Å². The minimum Gasteiger partial charge on any atom is -0.455 e. The van der Waals surface area contributed by atoms with E-state index < -0.39 is 0 Å². The maximum absolute atomic E-state index is 6.53. The lowest BCUT2D eigenvalue weighted by molar-refractivity contribution is 0.669. The molecule has 0 spiro atoms. The lowest BCUT2D eigenvalue weighted by Gasteiger charge is -2.29. The molecule has 2 aromatic heterocycles. The molecule has 0 atom stereocenters. The van der Waals surface area contributed by atoms with Crippen molar-refractivity contribution in [2.75, 3.05) is 4.90 Å². The first kappa shape index (κ1) is 33.3. The van der Waals surface area contributed by atoms with Gasteiger partial charge in [-0.3, -0.25) is 0 Å². The monoisotopic (exact) mass is 753 g/mol. The van der Waals surface area contributed by atoms with Crippen LogP contribution in [0.4, 0.5) is 17.1 Å². The topological polar surface area (TPSA) is 29.5 Å². The highest BCUT2D eigenvalue weighted by atomic mass is 16.3. The molecule has 0 saturated heterocycles. The summed E-state index contributed by atoms with van der Waals surface area (Å²) in [6, 6.07) is 71.4. The Hall–Kier alpha value is -7.88. The van der Waals surface area contributed by atoms with E-state index in [0.717, 1.165) is 105 Å². The van der Waals surface area contributed by atoms with Gasteiger partial charge in [-0.1, -0.05) is 158 Å². The predicted octanol–water partition coefficient (Wildman–Crippen LogP) is 16.1. The van der Waals surface area contributed by atoms with Crippen LogP contribution in [-0.2, 0) is 0 Å². The van der Waals surface area contributed by atoms with Crippen LogP contribution in [0.3, 0.4) is 0 Å². The average Bonchev–Trinajstić information content (AvgIpc) is 3.83. The molecule has 0 amide bonds. The van der Waals surface area contributed by atoms with Crippen LogP contribution in [0.25, 0.3) is 101 Å². The number of fused-ring (bicyclic) bond motifs is 8. The lowest BCUT2D eigenvalue weighted by atomic mass is 9.96. The molecule has 0 radical (unpaired) electrons. The molecule has 3 nitrogen and oxygen atoms in total. The van der Waals surface area contributed by atoms with Crippen molar-refractivity contribution in [1.82, 2.24) is 0 Å². The SMILES string of the molecule is C1=Cc2cc(-c3cccc4c3oc3ccccc34)ccc2N(c2cc(-c3ccccc3)cc(-c3ccccc3)c2)c2ccc(-c3cccc4c3oc3ccccc34)cc21. The number of nitrogens with zero attached hydrogens (tertiary/aromatic N) is 1. The fourth-order valence-electron chi connectivity index (χ4n) is 8.99. The molecular formula is C56H35NO2. The Morgan fingerprint density at radius 3 is 1.24 bits per heavy atom. The average molecular weight is 754 g/mol. The van der Waals surface area contributed by atoms with E-state index in [2.05, 4.69) is 193 Å². The van der Waals surface area contributed by atoms with Crippen molar-refractivity contribution in [3.63, 3.8) is 0 Å². The molecule has 0 fully saturated rings. The van der Waals surface area contributed by atoms with Crippen molar-refractivity contribution >= 4 is 73.1 Å². The second kappa shape index (κ2) is 13.4. The molecule has 1 aliphatic rings. The van der Waals surface area contributed by atoms with Gasteiger partial charge in [-0.05, 0) is 99.1 Å². The summed E-state index contributed by atoms with van der Waals surface area (Å²) in [5.74, 6) is 0. The van der Waals surface area contributed by atoms with Gasteiger partial charge in [0.2, 0.25) is 0 Å². The molecule has 0 N–H and O–H groups in total. The molecule has 11 aromatic rings. The molecule has 9 aromatic carbocycles. The number of benzene rings is 9. The standard InChI is InChI=1S/C56H35NO2/c1-3-13-36(14-4-1)42-33-43(37-15-5-2-6-16-37)35-44(34-42)57-51-29-27-38(45-19-11-21-49-47-17-7-9-23-53(47)58-55(45)49)31-40(51)25-26-41-32-39(28-30-52(41)57)46-20-12-22-50-48-18-8-10-24-54(48)59-56(46)50/h1-35H. The summed E-state index contributed by atoms with van der Waals surface area (Å²) in [5, 5.41) is 4.50. The third kappa shape index (κ3) is 5.51. The zero-order valence-electron chi connectivity index (χ0n) is 32.0. The third-order valence-electron chi connectivity index (χ3n) is 11.8. The summed E-state index contributed by atoms with van der Waals surface area (Å²) in [7, 11) is 0. The van der Waals surface area contributed by atoms with Gasteiger partial charge >= 0.3 is 0 Å². The van der Waals surface area contributed by atoms with Crippen molar-refractivity contribution in [2.24, 2.45) is 0 Å². The molecule has 276 valence electrons. The summed E-state index contributed by atoms with van der Waals surface area (Å²) >= 11 is 0. The Kier molecular flexibility index (Phi) is 7.54. The van der Waals surface area contributed by atoms with Gasteiger partial charge in [0.1, 0.15) is 22.3 Å². The summed E-state index contributed by atoms with van der Waals surface area (Å²) in [6.45, 7) is 0. The van der Waals surface area contributed by atoms with Crippen molar-refractivity contribution < 1.29 is 8.83 Å². The second-order valence-corrected chi connectivity index (χ2v) is 15.3. The zero-order valence-corrected chi connectivity index (χ0v) is 32.0. The summed E-state index contributed by atoms with van der Waals surface area (Å²) in [4.78, 5) is 2.43. The van der Waals surface area contributed by atoms with Crippen molar-refractivity contribution in [2.45, 2.75) is 0 Å². The van der Waals surface area contributed by atoms with Crippen LogP contribution in [0.2, 0.25) is 0 Å². The van der Waals surface area contributed by atoms with E-state index in [1.807, 2.05) is 24.3 Å². The first-order chi connectivity index (χ1) is 29.2. The van der Waals surface area contributed by atoms with E-state index in [4.69, 9.17) is 8.83 Å². The van der Waals surface area contributed by atoms with Gasteiger partial charge < -0.3 is 13.7 Å². The maximum Gasteiger partial charge on any atom is 0.143 e. The van der Waals surface area contributed by atoms with E-state index in [-0.39, 0.29) is 0 Å². The molecule has 1 aliphatic heterocycles. The minimum absolute atomic E-state index is 0.896. The van der Waals surface area contributed by atoms with Gasteiger partial charge in [0.05, 0.1) is 11.4 Å². The molecular weight excluding hydrogens is 719 g/mol. The highest BCUT2D eigenvalue weighted by Gasteiger charge is 2.24. The second-order valence-electron chi connectivity index (χ2n) is 15.3. The summed E-state index contributed by atoms with van der Waals surface area (Å²) in [6.07, 6.45) is 4.53. The van der Waals surface area contributed by atoms with Crippen molar-refractivity contribution in [3.8, 4) is 44.5 Å². The van der Waals surface area contributed by atoms with Crippen molar-refractivity contribution in [3.05, 3.63) is 211 Å². The van der Waals surface area contributed by atoms with E-state index in [1.165, 1.54) is 11.1 Å². The molecule has 3 heterocycles. The minimum atomic E-state index is 0.896. The van der Waals surface area contributed by atoms with Gasteiger partial charge in [0, 0.05) is 38.4 Å². The number of rotatable bonds is 5. The molecule has 3 heteroatoms. The van der Waals surface area contributed by atoms with Crippen LogP contribution < -0.4 is 4.90 Å². The van der Waals surface area contributed by atoms with Gasteiger partial charge in [0.15, 0.2) is 0 Å². The van der Waals surface area contributed by atoms with E-state index >= 15 is 0 Å². The first-order valence-corrected chi connectivity index (χ1v) is 20.1. The Morgan fingerprint density at radius 1 is 0.305 bits per heavy atom. The predicted molar refractivity (Wildman–Crippen MR) is 246 cm³/mol. The molecule has 59 heavy (non-hydrogen) atoms. The normalized spacial score (nSPS) is 12.3. The van der Waals surface area contributed by atoms with Gasteiger partial charge in [0.25, 0.3) is 0 Å². The molecule has 0 bridgehead atoms. The fraction of sp³-hybridized carbons (Fsp3) is 0. The van der Waals surface area contributed by atoms with E-state index in [0.29, 0.717) is 0 Å². The fourth-order valence-corrected chi connectivity index (χ4v) is 8.99. The molecule has 0 saturated carbocycles. The number of hydrogen-bond acceptors (Lipinski definition) is 3. The highest BCUT2D eigenvalue weighted by Crippen LogP contribution is 2.47. The largest absolute Gasteiger partial charge is 0.455 e. The summed E-state index contributed by atoms with van der Waals surface area (Å²) in [5.41, 5.74) is 18.1. The molecule has 0 unspecified atom stereocenters. The van der Waals surface area contributed by atoms with Gasteiger partial charge in [-0.2, -0.15) is 0 Å². The van der Waals surface area contributed by atoms with Crippen LogP contribution in [0.1, 0.15) is 11.1 Å². The maximum atomic E-state index is 6.53. The Bertz CT molecular complexity index is 3220. The number of anilines is 3. The Morgan fingerprint density at radius 2 is 0.746 bits per heavy atom. The number of hydrogen-bond donors (Lipinski definition) is 0. The smallest absolute Gasteiger partial charge is 0.143 e. The quantitative estimate of drug-likeness (QED) is 0.175. The van der Waals surface area contributed by atoms with Crippen LogP contribution in [-0.4, -0.2) is 0 Å². The number of furan rings is 2. The zero-order chi connectivity index (χ0) is 38.9. The van der Waals surface area contributed by atoms with Crippen LogP contribution in [0.5, 0.6) is 0 Å². The Labute approximate surface area is 341 Å². The van der Waals surface area contributed by atoms with Crippen molar-refractivity contribution in [1.29, 1.82) is 0 Å². The first-order valence-electron chi connectivity index (χ1n) is 20.1. The summed E-state index contributed by atoms with van der Waals surface area (Å²) < 4.78 is 13.1. The van der Waals surface area contributed by atoms with Crippen LogP contribution in [0.15, 0.2) is 209 Å². The van der Waals surface area contributed by atoms with E-state index in [9.17, 15) is 0 Å². The van der Waals surface area contributed by atoms with Gasteiger partial charge in [-0.15, -0.1) is 0 Å². The van der Waals surface area contributed by atoms with Crippen LogP contribution >= 0.6 is 0 Å². The highest BCUT2D eigenvalue weighted by molar-refractivity contribution is 6.11. The third-order valence-corrected chi connectivity index (χ3v) is 11.8. The molecule has 0 aliphatic carbocycles. The number of para-hydroxylation sites is 4. The van der Waals surface area contributed by atoms with Crippen LogP contribution in [0, 0.1) is 0 Å². The molecule has 12 rings (SSSR count). The Balaban J connectivity index is 1.08.